The van der Waals surface area contributed by atoms with Crippen molar-refractivity contribution in [3.05, 3.63) is 77.9 Å². The van der Waals surface area contributed by atoms with Crippen molar-refractivity contribution in [2.75, 3.05) is 4.90 Å². The molecule has 3 heterocycles. The molecule has 3 aromatic rings. The van der Waals surface area contributed by atoms with Gasteiger partial charge < -0.3 is 19.9 Å². The molecule has 2 N–H and O–H groups in total. The lowest BCUT2D eigenvalue weighted by molar-refractivity contribution is 0.242. The van der Waals surface area contributed by atoms with Crippen LogP contribution in [0.2, 0.25) is 0 Å². The average Bonchev–Trinajstić information content (AvgIpc) is 3.26. The molecular weight excluding hydrogens is 368 g/mol. The molecule has 1 saturated heterocycles. The van der Waals surface area contributed by atoms with Gasteiger partial charge in [0.2, 0.25) is 0 Å². The van der Waals surface area contributed by atoms with E-state index >= 15 is 0 Å². The molecule has 1 fully saturated rings. The van der Waals surface area contributed by atoms with Crippen LogP contribution in [0.25, 0.3) is 0 Å². The summed E-state index contributed by atoms with van der Waals surface area (Å²) >= 11 is 5.73. The van der Waals surface area contributed by atoms with E-state index in [1.165, 1.54) is 0 Å². The van der Waals surface area contributed by atoms with E-state index < -0.39 is 0 Å². The highest BCUT2D eigenvalue weighted by molar-refractivity contribution is 7.80. The number of thiocarbonyl (C=S) groups is 1. The van der Waals surface area contributed by atoms with Crippen LogP contribution in [0.1, 0.15) is 43.0 Å². The number of aromatic nitrogens is 2. The summed E-state index contributed by atoms with van der Waals surface area (Å²) in [6.45, 7) is 6.10. The number of nitrogens with zero attached hydrogens (tertiary/aromatic N) is 2. The maximum absolute atomic E-state index is 5.78. The number of aryl methyl sites for hydroxylation is 1. The maximum atomic E-state index is 5.78. The third kappa shape index (κ3) is 3.60. The summed E-state index contributed by atoms with van der Waals surface area (Å²) in [7, 11) is 0. The van der Waals surface area contributed by atoms with Crippen molar-refractivity contribution in [2.45, 2.75) is 39.0 Å². The predicted octanol–water partition coefficient (Wildman–Crippen LogP) is 4.68. The van der Waals surface area contributed by atoms with Gasteiger partial charge in [-0.05, 0) is 81.5 Å². The Morgan fingerprint density at radius 3 is 2.46 bits per heavy atom. The lowest BCUT2D eigenvalue weighted by Gasteiger charge is -2.27. The minimum Gasteiger partial charge on any atom is -0.491 e. The molecule has 6 heteroatoms. The quantitative estimate of drug-likeness (QED) is 0.618. The zero-order valence-corrected chi connectivity index (χ0v) is 17.0. The Morgan fingerprint density at radius 2 is 1.86 bits per heavy atom. The summed E-state index contributed by atoms with van der Waals surface area (Å²) in [5.41, 5.74) is 4.20. The molecule has 1 aliphatic rings. The summed E-state index contributed by atoms with van der Waals surface area (Å²) in [4.78, 5) is 10.2. The molecule has 0 spiro atoms. The molecule has 144 valence electrons. The number of benzene rings is 1. The Kier molecular flexibility index (Phi) is 5.05. The zero-order chi connectivity index (χ0) is 19.7. The lowest BCUT2D eigenvalue weighted by Crippen LogP contribution is -2.29. The fourth-order valence-corrected chi connectivity index (χ4v) is 3.95. The predicted molar refractivity (Wildman–Crippen MR) is 116 cm³/mol. The SMILES string of the molecule is Cc1ccc([C@H]2[C@H](c3ccccn3)NC(=S)N2c2ccc(OC(C)C)cc2)[nH]1. The number of nitrogens with one attached hydrogen (secondary N) is 2. The fourth-order valence-electron chi connectivity index (χ4n) is 3.60. The van der Waals surface area contributed by atoms with Crippen molar-refractivity contribution >= 4 is 23.0 Å². The smallest absolute Gasteiger partial charge is 0.174 e. The summed E-state index contributed by atoms with van der Waals surface area (Å²) < 4.78 is 5.78. The van der Waals surface area contributed by atoms with E-state index in [0.29, 0.717) is 5.11 Å². The third-order valence-electron chi connectivity index (χ3n) is 4.76. The van der Waals surface area contributed by atoms with Crippen molar-refractivity contribution < 1.29 is 4.74 Å². The normalized spacial score (nSPS) is 19.1. The van der Waals surface area contributed by atoms with Crippen LogP contribution in [0.5, 0.6) is 5.75 Å². The van der Waals surface area contributed by atoms with Crippen molar-refractivity contribution in [3.8, 4) is 5.75 Å². The molecule has 1 aliphatic heterocycles. The Labute approximate surface area is 170 Å². The first kappa shape index (κ1) is 18.5. The number of pyridine rings is 1. The van der Waals surface area contributed by atoms with E-state index in [9.17, 15) is 0 Å². The van der Waals surface area contributed by atoms with Gasteiger partial charge in [0.15, 0.2) is 5.11 Å². The number of rotatable bonds is 5. The molecule has 0 aliphatic carbocycles. The topological polar surface area (TPSA) is 53.2 Å². The first-order chi connectivity index (χ1) is 13.5. The zero-order valence-electron chi connectivity index (χ0n) is 16.2. The van der Waals surface area contributed by atoms with Crippen LogP contribution in [0.3, 0.4) is 0 Å². The molecule has 1 aromatic carbocycles. The molecule has 2 aromatic heterocycles. The Balaban J connectivity index is 1.73. The highest BCUT2D eigenvalue weighted by atomic mass is 32.1. The van der Waals surface area contributed by atoms with Crippen LogP contribution in [-0.4, -0.2) is 21.2 Å². The highest BCUT2D eigenvalue weighted by Crippen LogP contribution is 2.41. The van der Waals surface area contributed by atoms with Crippen molar-refractivity contribution in [2.24, 2.45) is 0 Å². The van der Waals surface area contributed by atoms with Crippen LogP contribution in [-0.2, 0) is 0 Å². The van der Waals surface area contributed by atoms with Crippen LogP contribution in [0.4, 0.5) is 5.69 Å². The summed E-state index contributed by atoms with van der Waals surface area (Å²) in [6.07, 6.45) is 1.96. The number of H-pyrrole nitrogens is 1. The number of ether oxygens (including phenoxy) is 1. The second-order valence-electron chi connectivity index (χ2n) is 7.25. The van der Waals surface area contributed by atoms with E-state index in [4.69, 9.17) is 17.0 Å². The molecule has 0 saturated carbocycles. The van der Waals surface area contributed by atoms with Gasteiger partial charge in [0, 0.05) is 23.3 Å². The van der Waals surface area contributed by atoms with Crippen LogP contribution < -0.4 is 15.0 Å². The van der Waals surface area contributed by atoms with Gasteiger partial charge in [-0.15, -0.1) is 0 Å². The Morgan fingerprint density at radius 1 is 1.07 bits per heavy atom. The van der Waals surface area contributed by atoms with Gasteiger partial charge in [0.25, 0.3) is 0 Å². The molecule has 0 unspecified atom stereocenters. The van der Waals surface area contributed by atoms with Crippen LogP contribution in [0.15, 0.2) is 60.8 Å². The molecule has 2 atom stereocenters. The van der Waals surface area contributed by atoms with Gasteiger partial charge in [-0.2, -0.15) is 0 Å². The first-order valence-electron chi connectivity index (χ1n) is 9.46. The summed E-state index contributed by atoms with van der Waals surface area (Å²) in [6, 6.07) is 18.2. The van der Waals surface area contributed by atoms with Gasteiger partial charge >= 0.3 is 0 Å². The Bertz CT molecular complexity index is 952. The second-order valence-corrected chi connectivity index (χ2v) is 7.64. The van der Waals surface area contributed by atoms with Crippen molar-refractivity contribution in [1.82, 2.24) is 15.3 Å². The molecule has 5 nitrogen and oxygen atoms in total. The molecule has 0 bridgehead atoms. The van der Waals surface area contributed by atoms with Gasteiger partial charge in [0.1, 0.15) is 11.8 Å². The van der Waals surface area contributed by atoms with Crippen molar-refractivity contribution in [3.63, 3.8) is 0 Å². The largest absolute Gasteiger partial charge is 0.491 e. The summed E-state index contributed by atoms with van der Waals surface area (Å²) in [5.74, 6) is 0.852. The van der Waals surface area contributed by atoms with Gasteiger partial charge in [0.05, 0.1) is 17.8 Å². The maximum Gasteiger partial charge on any atom is 0.174 e. The minimum atomic E-state index is -0.0432. The van der Waals surface area contributed by atoms with E-state index in [-0.39, 0.29) is 18.2 Å². The van der Waals surface area contributed by atoms with E-state index in [0.717, 1.165) is 28.5 Å². The number of anilines is 1. The molecule has 0 amide bonds. The van der Waals surface area contributed by atoms with E-state index in [2.05, 4.69) is 51.4 Å². The van der Waals surface area contributed by atoms with Crippen LogP contribution in [0, 0.1) is 6.92 Å². The van der Waals surface area contributed by atoms with Gasteiger partial charge in [-0.25, -0.2) is 0 Å². The number of hydrogen-bond donors (Lipinski definition) is 2. The van der Waals surface area contributed by atoms with Gasteiger partial charge in [-0.3, -0.25) is 4.98 Å². The number of aromatic amines is 1. The van der Waals surface area contributed by atoms with E-state index in [1.807, 2.05) is 50.4 Å². The van der Waals surface area contributed by atoms with E-state index in [1.54, 1.807) is 0 Å². The lowest BCUT2D eigenvalue weighted by atomic mass is 10.0. The minimum absolute atomic E-state index is 0.0204. The third-order valence-corrected chi connectivity index (χ3v) is 5.07. The summed E-state index contributed by atoms with van der Waals surface area (Å²) in [5, 5.41) is 4.15. The fraction of sp³-hybridized carbons (Fsp3) is 0.273. The standard InChI is InChI=1S/C22H24N4OS/c1-14(2)27-17-10-8-16(9-11-17)26-21(19-12-7-15(3)24-19)20(25-22(26)28)18-6-4-5-13-23-18/h4-14,20-21,24H,1-3H3,(H,25,28)/t20-,21-/m0/s1. The second kappa shape index (κ2) is 7.64. The first-order valence-corrected chi connectivity index (χ1v) is 9.86. The van der Waals surface area contributed by atoms with Crippen molar-refractivity contribution in [1.29, 1.82) is 0 Å². The average molecular weight is 393 g/mol. The molecular formula is C22H24N4OS. The van der Waals surface area contributed by atoms with Gasteiger partial charge in [-0.1, -0.05) is 6.07 Å². The monoisotopic (exact) mass is 392 g/mol. The number of hydrogen-bond acceptors (Lipinski definition) is 3. The highest BCUT2D eigenvalue weighted by Gasteiger charge is 2.41. The van der Waals surface area contributed by atoms with Crippen LogP contribution >= 0.6 is 12.2 Å². The molecule has 28 heavy (non-hydrogen) atoms. The Hall–Kier alpha value is -2.86. The molecule has 0 radical (unpaired) electrons. The molecule has 4 rings (SSSR count).